The van der Waals surface area contributed by atoms with Crippen LogP contribution in [0.2, 0.25) is 0 Å². The highest BCUT2D eigenvalue weighted by molar-refractivity contribution is 7.51. The predicted octanol–water partition coefficient (Wildman–Crippen LogP) is 1.72. The normalized spacial score (nSPS) is 29.7. The maximum atomic E-state index is 15.1. The van der Waals surface area contributed by atoms with Gasteiger partial charge in [-0.25, -0.2) is 18.8 Å². The second-order valence-electron chi connectivity index (χ2n) is 7.80. The van der Waals surface area contributed by atoms with Crippen molar-refractivity contribution in [3.8, 4) is 0 Å². The van der Waals surface area contributed by atoms with Crippen LogP contribution in [0.25, 0.3) is 0 Å². The lowest BCUT2D eigenvalue weighted by atomic mass is 10.1. The van der Waals surface area contributed by atoms with Gasteiger partial charge in [0.05, 0.1) is 19.8 Å². The van der Waals surface area contributed by atoms with Crippen LogP contribution in [0.15, 0.2) is 40.1 Å². The summed E-state index contributed by atoms with van der Waals surface area (Å²) in [7, 11) is -3.78. The van der Waals surface area contributed by atoms with Crippen LogP contribution >= 0.6 is 7.75 Å². The number of aryl methyl sites for hydroxylation is 2. The summed E-state index contributed by atoms with van der Waals surface area (Å²) >= 11 is 0. The molecule has 1 unspecified atom stereocenters. The Balaban J connectivity index is 1.32. The number of aromatic amines is 1. The topological polar surface area (TPSA) is 121 Å². The SMILES string of the molecule is Cc1ccc(COCCNP2(=O)OC[C@@H]3O[C@H](n4cc(C)c(=O)[nH]c4=O)[C@H](F)[C@H]3O2)cc1. The lowest BCUT2D eigenvalue weighted by molar-refractivity contribution is -0.0611. The fraction of sp³-hybridized carbons (Fsp3) is 0.500. The zero-order valence-electron chi connectivity index (χ0n) is 17.7. The molecular formula is C20H25FN3O7P. The Labute approximate surface area is 183 Å². The summed E-state index contributed by atoms with van der Waals surface area (Å²) in [6.45, 7) is 4.12. The van der Waals surface area contributed by atoms with Gasteiger partial charge in [0.15, 0.2) is 12.4 Å². The minimum absolute atomic E-state index is 0.167. The molecule has 2 aromatic rings. The number of H-pyrrole nitrogens is 1. The van der Waals surface area contributed by atoms with E-state index in [1.807, 2.05) is 31.2 Å². The lowest BCUT2D eigenvalue weighted by Gasteiger charge is -2.31. The maximum absolute atomic E-state index is 15.1. The van der Waals surface area contributed by atoms with E-state index >= 15 is 4.39 Å². The molecule has 0 spiro atoms. The van der Waals surface area contributed by atoms with Crippen molar-refractivity contribution in [1.82, 2.24) is 14.6 Å². The number of halogens is 1. The molecule has 174 valence electrons. The Bertz CT molecular complexity index is 1120. The molecule has 2 aliphatic heterocycles. The smallest absolute Gasteiger partial charge is 0.375 e. The van der Waals surface area contributed by atoms with Crippen LogP contribution in [-0.2, 0) is 29.7 Å². The van der Waals surface area contributed by atoms with Gasteiger partial charge in [-0.15, -0.1) is 0 Å². The summed E-state index contributed by atoms with van der Waals surface area (Å²) in [5.41, 5.74) is 1.03. The number of rotatable bonds is 7. The van der Waals surface area contributed by atoms with E-state index in [0.29, 0.717) is 6.61 Å². The molecule has 10 nitrogen and oxygen atoms in total. The first-order valence-electron chi connectivity index (χ1n) is 10.2. The third-order valence-corrected chi connectivity index (χ3v) is 6.92. The van der Waals surface area contributed by atoms with Crippen molar-refractivity contribution in [3.63, 3.8) is 0 Å². The molecule has 0 bridgehead atoms. The standard InChI is InChI=1S/C20H25FN3O7P/c1-12-3-5-14(6-4-12)10-28-8-7-22-32(27)29-11-15-17(31-32)16(21)19(30-15)24-9-13(2)18(25)23-20(24)26/h3-6,9,15-17,19H,7-8,10-11H2,1-2H3,(H,22,27)(H,23,25,26)/t15-,16+,17-,19-,32?/m0/s1. The van der Waals surface area contributed by atoms with Crippen molar-refractivity contribution in [2.24, 2.45) is 0 Å². The summed E-state index contributed by atoms with van der Waals surface area (Å²) < 4.78 is 50.7. The number of aromatic nitrogens is 2. The van der Waals surface area contributed by atoms with E-state index in [1.54, 1.807) is 0 Å². The number of alkyl halides is 1. The van der Waals surface area contributed by atoms with Gasteiger partial charge in [0.2, 0.25) is 0 Å². The number of hydrogen-bond acceptors (Lipinski definition) is 7. The average Bonchev–Trinajstić information content (AvgIpc) is 3.07. The number of nitrogens with zero attached hydrogens (tertiary/aromatic N) is 1. The van der Waals surface area contributed by atoms with Gasteiger partial charge in [0.25, 0.3) is 5.56 Å². The highest BCUT2D eigenvalue weighted by Gasteiger charge is 2.53. The summed E-state index contributed by atoms with van der Waals surface area (Å²) in [4.78, 5) is 25.8. The third kappa shape index (κ3) is 4.93. The van der Waals surface area contributed by atoms with E-state index in [9.17, 15) is 14.2 Å². The zero-order chi connectivity index (χ0) is 22.9. The van der Waals surface area contributed by atoms with Crippen LogP contribution < -0.4 is 16.3 Å². The molecule has 0 saturated carbocycles. The van der Waals surface area contributed by atoms with Gasteiger partial charge < -0.3 is 9.47 Å². The molecule has 1 aromatic carbocycles. The summed E-state index contributed by atoms with van der Waals surface area (Å²) in [6.07, 6.45) is -3.95. The van der Waals surface area contributed by atoms with E-state index in [1.165, 1.54) is 13.1 Å². The van der Waals surface area contributed by atoms with Crippen molar-refractivity contribution in [1.29, 1.82) is 0 Å². The van der Waals surface area contributed by atoms with Gasteiger partial charge in [0.1, 0.15) is 12.2 Å². The van der Waals surface area contributed by atoms with Gasteiger partial charge in [-0.3, -0.25) is 23.4 Å². The molecule has 0 aliphatic carbocycles. The van der Waals surface area contributed by atoms with E-state index in [0.717, 1.165) is 15.7 Å². The Hall–Kier alpha value is -2.14. The molecule has 2 aliphatic rings. The van der Waals surface area contributed by atoms with Gasteiger partial charge >= 0.3 is 13.4 Å². The van der Waals surface area contributed by atoms with Gasteiger partial charge in [-0.2, -0.15) is 0 Å². The van der Waals surface area contributed by atoms with E-state index in [2.05, 4.69) is 10.1 Å². The number of benzene rings is 1. The van der Waals surface area contributed by atoms with E-state index in [4.69, 9.17) is 18.5 Å². The quantitative estimate of drug-likeness (QED) is 0.465. The van der Waals surface area contributed by atoms with E-state index < -0.39 is 43.6 Å². The third-order valence-electron chi connectivity index (χ3n) is 5.30. The van der Waals surface area contributed by atoms with E-state index in [-0.39, 0.29) is 25.3 Å². The van der Waals surface area contributed by atoms with Gasteiger partial charge in [-0.1, -0.05) is 29.8 Å². The highest BCUT2D eigenvalue weighted by atomic mass is 31.2. The van der Waals surface area contributed by atoms with Crippen LogP contribution in [0.3, 0.4) is 0 Å². The molecule has 2 fully saturated rings. The van der Waals surface area contributed by atoms with Crippen molar-refractivity contribution < 1.29 is 27.5 Å². The van der Waals surface area contributed by atoms with Crippen molar-refractivity contribution in [3.05, 3.63) is 68.0 Å². The minimum Gasteiger partial charge on any atom is -0.375 e. The van der Waals surface area contributed by atoms with Crippen molar-refractivity contribution in [2.75, 3.05) is 19.8 Å². The second kappa shape index (κ2) is 9.38. The number of nitrogens with one attached hydrogen (secondary N) is 2. The first-order valence-corrected chi connectivity index (χ1v) is 11.7. The molecule has 5 atom stereocenters. The summed E-state index contributed by atoms with van der Waals surface area (Å²) in [5.74, 6) is 0. The fourth-order valence-electron chi connectivity index (χ4n) is 3.53. The molecule has 32 heavy (non-hydrogen) atoms. The van der Waals surface area contributed by atoms with Crippen LogP contribution in [0.5, 0.6) is 0 Å². The van der Waals surface area contributed by atoms with Gasteiger partial charge in [-0.05, 0) is 19.4 Å². The predicted molar refractivity (Wildman–Crippen MR) is 112 cm³/mol. The largest absolute Gasteiger partial charge is 0.406 e. The first-order chi connectivity index (χ1) is 15.3. The Morgan fingerprint density at radius 2 is 2.03 bits per heavy atom. The van der Waals surface area contributed by atoms with Crippen LogP contribution in [0, 0.1) is 13.8 Å². The number of fused-ring (bicyclic) bond motifs is 1. The maximum Gasteiger partial charge on any atom is 0.406 e. The Morgan fingerprint density at radius 1 is 1.28 bits per heavy atom. The first kappa shape index (κ1) is 23.0. The molecule has 12 heteroatoms. The zero-order valence-corrected chi connectivity index (χ0v) is 18.5. The highest BCUT2D eigenvalue weighted by Crippen LogP contribution is 2.53. The molecule has 3 heterocycles. The lowest BCUT2D eigenvalue weighted by Crippen LogP contribution is -2.41. The molecular weight excluding hydrogens is 444 g/mol. The summed E-state index contributed by atoms with van der Waals surface area (Å²) in [5, 5.41) is 2.66. The molecule has 4 rings (SSSR count). The number of hydrogen-bond donors (Lipinski definition) is 2. The fourth-order valence-corrected chi connectivity index (χ4v) is 5.03. The average molecular weight is 469 g/mol. The van der Waals surface area contributed by atoms with Crippen molar-refractivity contribution in [2.45, 2.75) is 45.1 Å². The Morgan fingerprint density at radius 3 is 2.78 bits per heavy atom. The van der Waals surface area contributed by atoms with Crippen LogP contribution in [0.1, 0.15) is 22.9 Å². The monoisotopic (exact) mass is 469 g/mol. The number of ether oxygens (including phenoxy) is 2. The molecule has 0 amide bonds. The molecule has 2 saturated heterocycles. The molecule has 0 radical (unpaired) electrons. The minimum atomic E-state index is -3.78. The Kier molecular flexibility index (Phi) is 6.75. The van der Waals surface area contributed by atoms with Crippen LogP contribution in [0.4, 0.5) is 4.39 Å². The van der Waals surface area contributed by atoms with Crippen molar-refractivity contribution >= 4 is 7.75 Å². The molecule has 2 N–H and O–H groups in total. The second-order valence-corrected chi connectivity index (χ2v) is 9.58. The molecule has 1 aromatic heterocycles. The summed E-state index contributed by atoms with van der Waals surface area (Å²) in [6, 6.07) is 7.90. The van der Waals surface area contributed by atoms with Crippen LogP contribution in [-0.4, -0.2) is 47.7 Å². The van der Waals surface area contributed by atoms with Gasteiger partial charge in [0, 0.05) is 18.3 Å².